The van der Waals surface area contributed by atoms with Crippen LogP contribution >= 0.6 is 11.6 Å². The SMILES string of the molecule is CCC1CN(c2ncc(Nc3c(NC4CC4)c(=O)c3=O)cc2Cl)CCN1C1CCN(Cc2ccc(OC(F)F)cc2)CC1. The first-order valence-corrected chi connectivity index (χ1v) is 15.5. The van der Waals surface area contributed by atoms with Crippen LogP contribution in [0.3, 0.4) is 0 Å². The van der Waals surface area contributed by atoms with Gasteiger partial charge in [-0.1, -0.05) is 30.7 Å². The van der Waals surface area contributed by atoms with Crippen LogP contribution in [0.1, 0.15) is 44.6 Å². The van der Waals surface area contributed by atoms with Crippen LogP contribution in [-0.4, -0.2) is 72.2 Å². The van der Waals surface area contributed by atoms with Crippen LogP contribution in [0.5, 0.6) is 5.75 Å². The van der Waals surface area contributed by atoms with Crippen molar-refractivity contribution in [3.8, 4) is 5.75 Å². The molecule has 3 fully saturated rings. The van der Waals surface area contributed by atoms with Gasteiger partial charge in [0, 0.05) is 44.3 Å². The molecule has 12 heteroatoms. The van der Waals surface area contributed by atoms with Gasteiger partial charge in [0.05, 0.1) is 16.9 Å². The number of hydrogen-bond donors (Lipinski definition) is 2. The summed E-state index contributed by atoms with van der Waals surface area (Å²) in [4.78, 5) is 36.1. The summed E-state index contributed by atoms with van der Waals surface area (Å²) in [5.41, 5.74) is 1.31. The third-order valence-electron chi connectivity index (χ3n) is 8.81. The van der Waals surface area contributed by atoms with Crippen molar-refractivity contribution in [3.05, 3.63) is 67.6 Å². The zero-order valence-electron chi connectivity index (χ0n) is 24.2. The Hall–Kier alpha value is -3.28. The van der Waals surface area contributed by atoms with E-state index in [0.717, 1.165) is 82.8 Å². The van der Waals surface area contributed by atoms with E-state index in [9.17, 15) is 18.4 Å². The number of anilines is 4. The highest BCUT2D eigenvalue weighted by molar-refractivity contribution is 6.33. The molecule has 1 aliphatic carbocycles. The lowest BCUT2D eigenvalue weighted by atomic mass is 9.98. The molecule has 1 atom stereocenters. The van der Waals surface area contributed by atoms with Crippen LogP contribution in [0.25, 0.3) is 0 Å². The molecule has 3 aromatic rings. The lowest BCUT2D eigenvalue weighted by Crippen LogP contribution is -2.58. The monoisotopic (exact) mass is 614 g/mol. The normalized spacial score (nSPS) is 20.6. The second-order valence-corrected chi connectivity index (χ2v) is 12.2. The molecule has 9 nitrogen and oxygen atoms in total. The molecule has 2 saturated heterocycles. The molecule has 0 radical (unpaired) electrons. The first kappa shape index (κ1) is 29.8. The summed E-state index contributed by atoms with van der Waals surface area (Å²) in [5, 5.41) is 6.69. The smallest absolute Gasteiger partial charge is 0.387 e. The van der Waals surface area contributed by atoms with E-state index < -0.39 is 17.5 Å². The third kappa shape index (κ3) is 6.78. The van der Waals surface area contributed by atoms with Crippen molar-refractivity contribution in [2.24, 2.45) is 0 Å². The van der Waals surface area contributed by atoms with Gasteiger partial charge < -0.3 is 20.3 Å². The van der Waals surface area contributed by atoms with E-state index in [1.165, 1.54) is 0 Å². The zero-order chi connectivity index (χ0) is 30.1. The Morgan fingerprint density at radius 2 is 1.74 bits per heavy atom. The van der Waals surface area contributed by atoms with Gasteiger partial charge in [-0.3, -0.25) is 19.4 Å². The van der Waals surface area contributed by atoms with Gasteiger partial charge in [0.25, 0.3) is 10.9 Å². The van der Waals surface area contributed by atoms with Crippen molar-refractivity contribution in [2.75, 3.05) is 48.3 Å². The molecular formula is C31H37ClF2N6O3. The molecule has 0 spiro atoms. The summed E-state index contributed by atoms with van der Waals surface area (Å²) in [6, 6.07) is 9.83. The number of nitrogens with one attached hydrogen (secondary N) is 2. The van der Waals surface area contributed by atoms with Crippen LogP contribution in [0.2, 0.25) is 5.02 Å². The summed E-state index contributed by atoms with van der Waals surface area (Å²) in [6.07, 6.45) is 6.86. The Labute approximate surface area is 254 Å². The number of ether oxygens (including phenoxy) is 1. The van der Waals surface area contributed by atoms with Crippen LogP contribution < -0.4 is 31.1 Å². The summed E-state index contributed by atoms with van der Waals surface area (Å²) in [7, 11) is 0. The molecule has 1 unspecified atom stereocenters. The van der Waals surface area contributed by atoms with Crippen molar-refractivity contribution in [2.45, 2.75) is 70.3 Å². The number of benzene rings is 1. The first-order chi connectivity index (χ1) is 20.8. The predicted octanol–water partition coefficient (Wildman–Crippen LogP) is 4.82. The topological polar surface area (TPSA) is 90.0 Å². The number of aromatic nitrogens is 1. The maximum absolute atomic E-state index is 12.4. The van der Waals surface area contributed by atoms with Crippen molar-refractivity contribution >= 4 is 34.5 Å². The van der Waals surface area contributed by atoms with Gasteiger partial charge in [-0.2, -0.15) is 8.78 Å². The van der Waals surface area contributed by atoms with Gasteiger partial charge in [-0.15, -0.1) is 0 Å². The number of piperazine rings is 1. The number of rotatable bonds is 11. The van der Waals surface area contributed by atoms with Gasteiger partial charge in [-0.25, -0.2) is 4.98 Å². The van der Waals surface area contributed by atoms with E-state index >= 15 is 0 Å². The Bertz CT molecular complexity index is 1490. The summed E-state index contributed by atoms with van der Waals surface area (Å²) < 4.78 is 29.3. The number of hydrogen-bond acceptors (Lipinski definition) is 9. The van der Waals surface area contributed by atoms with E-state index in [-0.39, 0.29) is 17.5 Å². The minimum Gasteiger partial charge on any atom is -0.435 e. The van der Waals surface area contributed by atoms with Gasteiger partial charge in [0.1, 0.15) is 22.9 Å². The molecule has 3 aliphatic rings. The molecular weight excluding hydrogens is 578 g/mol. The molecule has 2 aliphatic heterocycles. The predicted molar refractivity (Wildman–Crippen MR) is 165 cm³/mol. The average Bonchev–Trinajstić information content (AvgIpc) is 3.84. The van der Waals surface area contributed by atoms with Crippen molar-refractivity contribution < 1.29 is 13.5 Å². The molecule has 2 N–H and O–H groups in total. The van der Waals surface area contributed by atoms with E-state index in [2.05, 4.69) is 42.0 Å². The van der Waals surface area contributed by atoms with E-state index in [1.54, 1.807) is 24.4 Å². The number of likely N-dealkylation sites (tertiary alicyclic amines) is 1. The molecule has 0 bridgehead atoms. The first-order valence-electron chi connectivity index (χ1n) is 15.1. The van der Waals surface area contributed by atoms with Crippen molar-refractivity contribution in [1.82, 2.24) is 14.8 Å². The third-order valence-corrected chi connectivity index (χ3v) is 9.09. The fraction of sp³-hybridized carbons (Fsp3) is 0.516. The lowest BCUT2D eigenvalue weighted by Gasteiger charge is -2.47. The summed E-state index contributed by atoms with van der Waals surface area (Å²) >= 11 is 6.71. The minimum absolute atomic E-state index is 0.182. The zero-order valence-corrected chi connectivity index (χ0v) is 25.0. The van der Waals surface area contributed by atoms with Crippen LogP contribution in [-0.2, 0) is 6.54 Å². The van der Waals surface area contributed by atoms with Crippen molar-refractivity contribution in [1.29, 1.82) is 0 Å². The standard InChI is InChI=1S/C31H37ClF2N6O3/c1-2-22-18-39(30-25(32)15-21(16-35-30)37-27-26(28(41)29(27)42)36-20-5-6-20)13-14-40(22)23-9-11-38(12-10-23)17-19-3-7-24(8-4-19)43-31(33)34/h3-4,7-8,15-16,20,22-23,31,36-37H,2,5-6,9-14,17-18H2,1H3. The highest BCUT2D eigenvalue weighted by atomic mass is 35.5. The van der Waals surface area contributed by atoms with Crippen molar-refractivity contribution in [3.63, 3.8) is 0 Å². The Kier molecular flexibility index (Phi) is 8.83. The average molecular weight is 615 g/mol. The Morgan fingerprint density at radius 1 is 1.02 bits per heavy atom. The largest absolute Gasteiger partial charge is 0.435 e. The number of pyridine rings is 1. The quantitative estimate of drug-likeness (QED) is 0.295. The van der Waals surface area contributed by atoms with Gasteiger partial charge >= 0.3 is 6.61 Å². The van der Waals surface area contributed by atoms with E-state index in [1.807, 2.05) is 12.1 Å². The summed E-state index contributed by atoms with van der Waals surface area (Å²) in [6.45, 7) is 4.75. The number of alkyl halides is 2. The number of halogens is 3. The van der Waals surface area contributed by atoms with Crippen LogP contribution in [0, 0.1) is 0 Å². The highest BCUT2D eigenvalue weighted by Crippen LogP contribution is 2.33. The Morgan fingerprint density at radius 3 is 2.40 bits per heavy atom. The molecule has 3 heterocycles. The maximum atomic E-state index is 12.4. The highest BCUT2D eigenvalue weighted by Gasteiger charge is 2.34. The molecule has 43 heavy (non-hydrogen) atoms. The van der Waals surface area contributed by atoms with Gasteiger partial charge in [0.15, 0.2) is 0 Å². The fourth-order valence-electron chi connectivity index (χ4n) is 6.31. The van der Waals surface area contributed by atoms with Crippen LogP contribution in [0.4, 0.5) is 31.7 Å². The second-order valence-electron chi connectivity index (χ2n) is 11.8. The number of piperidine rings is 1. The van der Waals surface area contributed by atoms with Gasteiger partial charge in [-0.05, 0) is 69.0 Å². The number of nitrogens with zero attached hydrogens (tertiary/aromatic N) is 4. The molecule has 6 rings (SSSR count). The molecule has 230 valence electrons. The minimum atomic E-state index is -2.81. The molecule has 2 aromatic carbocycles. The lowest BCUT2D eigenvalue weighted by molar-refractivity contribution is -0.0498. The Balaban J connectivity index is 1.02. The fourth-order valence-corrected chi connectivity index (χ4v) is 6.59. The molecule has 1 saturated carbocycles. The molecule has 0 amide bonds. The molecule has 1 aromatic heterocycles. The van der Waals surface area contributed by atoms with E-state index in [4.69, 9.17) is 11.6 Å². The summed E-state index contributed by atoms with van der Waals surface area (Å²) in [5.74, 6) is 0.911. The van der Waals surface area contributed by atoms with Crippen LogP contribution in [0.15, 0.2) is 46.1 Å². The van der Waals surface area contributed by atoms with Gasteiger partial charge in [0.2, 0.25) is 0 Å². The second kappa shape index (κ2) is 12.8. The van der Waals surface area contributed by atoms with E-state index in [0.29, 0.717) is 28.5 Å². The maximum Gasteiger partial charge on any atom is 0.387 e.